The molecule has 1 aliphatic carbocycles. The van der Waals surface area contributed by atoms with Crippen LogP contribution in [0, 0.1) is 0 Å². The van der Waals surface area contributed by atoms with Crippen molar-refractivity contribution in [1.82, 2.24) is 14.5 Å². The Balaban J connectivity index is 1.52. The van der Waals surface area contributed by atoms with Crippen LogP contribution in [0.15, 0.2) is 109 Å². The van der Waals surface area contributed by atoms with Gasteiger partial charge < -0.3 is 9.47 Å². The van der Waals surface area contributed by atoms with Crippen molar-refractivity contribution in [1.29, 1.82) is 0 Å². The second-order valence-corrected chi connectivity index (χ2v) is 10.6. The summed E-state index contributed by atoms with van der Waals surface area (Å²) in [5.41, 5.74) is 11.3. The smallest absolute Gasteiger partial charge is 0.146 e. The monoisotopic (exact) mass is 479 g/mol. The van der Waals surface area contributed by atoms with Crippen molar-refractivity contribution in [3.05, 3.63) is 126 Å². The Morgan fingerprint density at radius 2 is 1.43 bits per heavy atom. The Hall–Kier alpha value is -4.37. The van der Waals surface area contributed by atoms with E-state index in [-0.39, 0.29) is 5.41 Å². The number of likely N-dealkylation sites (N-methyl/N-ethyl adjacent to an activating group) is 1. The van der Waals surface area contributed by atoms with Gasteiger partial charge in [-0.2, -0.15) is 0 Å². The number of hydrogen-bond acceptors (Lipinski definition) is 2. The van der Waals surface area contributed by atoms with Crippen molar-refractivity contribution in [2.45, 2.75) is 19.3 Å². The first-order valence-electron chi connectivity index (χ1n) is 12.9. The second kappa shape index (κ2) is 8.07. The highest BCUT2D eigenvalue weighted by atomic mass is 15.1. The lowest BCUT2D eigenvalue weighted by Gasteiger charge is -2.28. The first kappa shape index (κ1) is 21.9. The number of nitrogens with zero attached hydrogens (tertiary/aromatic N) is 3. The van der Waals surface area contributed by atoms with E-state index >= 15 is 0 Å². The van der Waals surface area contributed by atoms with Crippen molar-refractivity contribution in [2.24, 2.45) is 0 Å². The molecule has 0 radical (unpaired) electrons. The zero-order chi connectivity index (χ0) is 25.1. The molecule has 0 saturated heterocycles. The average molecular weight is 480 g/mol. The van der Waals surface area contributed by atoms with Gasteiger partial charge >= 0.3 is 0 Å². The van der Waals surface area contributed by atoms with Crippen LogP contribution in [0.1, 0.15) is 30.5 Å². The van der Waals surface area contributed by atoms with Gasteiger partial charge in [-0.05, 0) is 69.8 Å². The lowest BCUT2D eigenvalue weighted by Crippen LogP contribution is -2.20. The molecule has 0 N–H and O–H groups in total. The Morgan fingerprint density at radius 1 is 0.757 bits per heavy atom. The lowest BCUT2D eigenvalue weighted by molar-refractivity contribution is 0.530. The molecule has 0 fully saturated rings. The largest absolute Gasteiger partial charge is 0.370 e. The van der Waals surface area contributed by atoms with E-state index in [0.29, 0.717) is 0 Å². The van der Waals surface area contributed by atoms with Gasteiger partial charge in [-0.3, -0.25) is 0 Å². The number of benzene rings is 3. The van der Waals surface area contributed by atoms with Crippen LogP contribution in [0.5, 0.6) is 0 Å². The molecule has 0 unspecified atom stereocenters. The molecule has 2 aromatic heterocycles. The van der Waals surface area contributed by atoms with E-state index in [9.17, 15) is 0 Å². The maximum absolute atomic E-state index is 4.89. The first-order valence-corrected chi connectivity index (χ1v) is 12.9. The quantitative estimate of drug-likeness (QED) is 0.257. The molecule has 3 heterocycles. The summed E-state index contributed by atoms with van der Waals surface area (Å²) in [7, 11) is 2.13. The highest BCUT2D eigenvalue weighted by Gasteiger charge is 2.33. The minimum absolute atomic E-state index is 0.105. The fourth-order valence-corrected chi connectivity index (χ4v) is 6.17. The van der Waals surface area contributed by atoms with E-state index in [1.807, 2.05) is 12.3 Å². The molecule has 2 aliphatic rings. The van der Waals surface area contributed by atoms with E-state index in [2.05, 4.69) is 128 Å². The molecule has 1 aliphatic heterocycles. The van der Waals surface area contributed by atoms with E-state index in [0.717, 1.165) is 17.9 Å². The normalized spacial score (nSPS) is 15.5. The van der Waals surface area contributed by atoms with E-state index in [4.69, 9.17) is 4.98 Å². The Bertz CT molecular complexity index is 1750. The molecular weight excluding hydrogens is 450 g/mol. The van der Waals surface area contributed by atoms with E-state index < -0.39 is 0 Å². The Labute approximate surface area is 218 Å². The number of aromatic nitrogens is 2. The zero-order valence-electron chi connectivity index (χ0n) is 21.4. The van der Waals surface area contributed by atoms with Crippen LogP contribution in [-0.4, -0.2) is 28.0 Å². The average Bonchev–Trinajstić information content (AvgIpc) is 3.32. The summed E-state index contributed by atoms with van der Waals surface area (Å²) in [6.07, 6.45) is 10.5. The fraction of sp³-hybridized carbons (Fsp3) is 0.147. The van der Waals surface area contributed by atoms with Crippen molar-refractivity contribution in [3.63, 3.8) is 0 Å². The van der Waals surface area contributed by atoms with Crippen LogP contribution in [0.2, 0.25) is 0 Å². The van der Waals surface area contributed by atoms with Crippen molar-refractivity contribution < 1.29 is 0 Å². The third kappa shape index (κ3) is 3.24. The van der Waals surface area contributed by atoms with Crippen LogP contribution < -0.4 is 0 Å². The zero-order valence-corrected chi connectivity index (χ0v) is 21.4. The SMILES string of the molecule is CN1CC=CC=C1c1cccnc1-n1ccc2cc3c(cc21)-c1ccccc1C(C)(C)c1ccccc1-3. The molecule has 180 valence electrons. The molecule has 0 amide bonds. The lowest BCUT2D eigenvalue weighted by atomic mass is 9.75. The maximum Gasteiger partial charge on any atom is 0.146 e. The molecule has 7 rings (SSSR count). The maximum atomic E-state index is 4.89. The van der Waals surface area contributed by atoms with Crippen molar-refractivity contribution in [3.8, 4) is 28.1 Å². The van der Waals surface area contributed by atoms with Gasteiger partial charge in [0.15, 0.2) is 0 Å². The Kier molecular flexibility index (Phi) is 4.77. The first-order chi connectivity index (χ1) is 18.0. The molecular formula is C34H29N3. The second-order valence-electron chi connectivity index (χ2n) is 10.6. The topological polar surface area (TPSA) is 21.1 Å². The number of hydrogen-bond donors (Lipinski definition) is 0. The summed E-state index contributed by atoms with van der Waals surface area (Å²) in [6, 6.07) is 29.0. The molecule has 0 saturated carbocycles. The summed E-state index contributed by atoms with van der Waals surface area (Å²) in [6.45, 7) is 5.59. The number of rotatable bonds is 2. The molecule has 0 bridgehead atoms. The van der Waals surface area contributed by atoms with Gasteiger partial charge in [-0.1, -0.05) is 74.5 Å². The van der Waals surface area contributed by atoms with Gasteiger partial charge in [0.1, 0.15) is 5.82 Å². The standard InChI is InChI=1S/C34H29N3/c1-34(2)29-14-6-4-11-24(29)27-21-23-17-20-37(32(23)22-28(27)25-12-5-7-15-30(25)34)33-26(13-10-18-35-33)31-16-8-9-19-36(31)3/h4-18,20-22H,19H2,1-3H3. The van der Waals surface area contributed by atoms with Gasteiger partial charge in [0.25, 0.3) is 0 Å². The van der Waals surface area contributed by atoms with Crippen LogP contribution in [0.25, 0.3) is 44.7 Å². The summed E-state index contributed by atoms with van der Waals surface area (Å²) >= 11 is 0. The number of pyridine rings is 1. The van der Waals surface area contributed by atoms with Crippen LogP contribution in [-0.2, 0) is 5.41 Å². The highest BCUT2D eigenvalue weighted by molar-refractivity contribution is 5.99. The van der Waals surface area contributed by atoms with E-state index in [1.165, 1.54) is 50.0 Å². The molecule has 5 aromatic rings. The third-order valence-electron chi connectivity index (χ3n) is 8.08. The number of allylic oxidation sites excluding steroid dienone is 2. The molecule has 3 heteroatoms. The fourth-order valence-electron chi connectivity index (χ4n) is 6.17. The van der Waals surface area contributed by atoms with E-state index in [1.54, 1.807) is 0 Å². The van der Waals surface area contributed by atoms with Crippen molar-refractivity contribution >= 4 is 16.6 Å². The van der Waals surface area contributed by atoms with Crippen molar-refractivity contribution in [2.75, 3.05) is 13.6 Å². The van der Waals surface area contributed by atoms with Gasteiger partial charge in [0.05, 0.1) is 5.52 Å². The third-order valence-corrected chi connectivity index (χ3v) is 8.08. The molecule has 37 heavy (non-hydrogen) atoms. The predicted molar refractivity (Wildman–Crippen MR) is 154 cm³/mol. The summed E-state index contributed by atoms with van der Waals surface area (Å²) in [5, 5.41) is 1.22. The minimum atomic E-state index is -0.105. The predicted octanol–water partition coefficient (Wildman–Crippen LogP) is 7.84. The van der Waals surface area contributed by atoms with Gasteiger partial charge in [0.2, 0.25) is 0 Å². The van der Waals surface area contributed by atoms with Gasteiger partial charge in [-0.15, -0.1) is 0 Å². The van der Waals surface area contributed by atoms with Crippen LogP contribution in [0.4, 0.5) is 0 Å². The summed E-state index contributed by atoms with van der Waals surface area (Å²) in [4.78, 5) is 7.16. The molecule has 0 atom stereocenters. The highest BCUT2D eigenvalue weighted by Crippen LogP contribution is 2.49. The Morgan fingerprint density at radius 3 is 2.16 bits per heavy atom. The van der Waals surface area contributed by atoms with Gasteiger partial charge in [0, 0.05) is 48.0 Å². The summed E-state index contributed by atoms with van der Waals surface area (Å²) < 4.78 is 2.25. The minimum Gasteiger partial charge on any atom is -0.370 e. The molecule has 3 aromatic carbocycles. The van der Waals surface area contributed by atoms with Crippen LogP contribution in [0.3, 0.4) is 0 Å². The van der Waals surface area contributed by atoms with Crippen LogP contribution >= 0.6 is 0 Å². The number of fused-ring (bicyclic) bond motifs is 6. The summed E-state index contributed by atoms with van der Waals surface area (Å²) in [5.74, 6) is 0.952. The van der Waals surface area contributed by atoms with Gasteiger partial charge in [-0.25, -0.2) is 4.98 Å². The molecule has 0 spiro atoms. The molecule has 3 nitrogen and oxygen atoms in total.